The van der Waals surface area contributed by atoms with Crippen molar-refractivity contribution in [2.24, 2.45) is 0 Å². The molecule has 1 atom stereocenters. The van der Waals surface area contributed by atoms with Crippen molar-refractivity contribution in [1.29, 1.82) is 0 Å². The van der Waals surface area contributed by atoms with Gasteiger partial charge in [0.1, 0.15) is 11.6 Å². The van der Waals surface area contributed by atoms with Gasteiger partial charge in [0.15, 0.2) is 0 Å². The first kappa shape index (κ1) is 13.4. The molecule has 2 aromatic rings. The predicted octanol–water partition coefficient (Wildman–Crippen LogP) is 3.47. The first-order valence-electron chi connectivity index (χ1n) is 6.77. The van der Waals surface area contributed by atoms with Crippen LogP contribution in [-0.2, 0) is 0 Å². The van der Waals surface area contributed by atoms with E-state index in [2.05, 4.69) is 10.6 Å². The third-order valence-electron chi connectivity index (χ3n) is 3.35. The van der Waals surface area contributed by atoms with Crippen LogP contribution in [0.3, 0.4) is 0 Å². The van der Waals surface area contributed by atoms with Gasteiger partial charge in [-0.1, -0.05) is 18.2 Å². The number of fused-ring (bicyclic) bond motifs is 1. The standard InChI is InChI=1S/C16H15FN2O2/c17-11-6-7-15-13(10-11)14(8-9-21-15)19-16(20)18-12-4-2-1-3-5-12/h1-7,10,14H,8-9H2,(H2,18,19,20). The van der Waals surface area contributed by atoms with Crippen molar-refractivity contribution in [2.75, 3.05) is 11.9 Å². The number of para-hydroxylation sites is 1. The van der Waals surface area contributed by atoms with Crippen molar-refractivity contribution >= 4 is 11.7 Å². The molecule has 4 nitrogen and oxygen atoms in total. The second-order valence-electron chi connectivity index (χ2n) is 4.84. The summed E-state index contributed by atoms with van der Waals surface area (Å²) in [4.78, 5) is 12.0. The van der Waals surface area contributed by atoms with Gasteiger partial charge in [-0.15, -0.1) is 0 Å². The van der Waals surface area contributed by atoms with E-state index in [0.717, 1.165) is 0 Å². The molecule has 1 unspecified atom stereocenters. The zero-order chi connectivity index (χ0) is 14.7. The molecule has 3 rings (SSSR count). The quantitative estimate of drug-likeness (QED) is 0.888. The summed E-state index contributed by atoms with van der Waals surface area (Å²) in [6, 6.07) is 12.9. The minimum atomic E-state index is -0.338. The van der Waals surface area contributed by atoms with Gasteiger partial charge in [0.05, 0.1) is 12.6 Å². The summed E-state index contributed by atoms with van der Waals surface area (Å²) in [6.07, 6.45) is 0.610. The number of carbonyl (C=O) groups excluding carboxylic acids is 1. The molecule has 0 fully saturated rings. The Balaban J connectivity index is 1.71. The fourth-order valence-electron chi connectivity index (χ4n) is 2.36. The molecule has 0 aromatic heterocycles. The molecule has 0 saturated heterocycles. The van der Waals surface area contributed by atoms with E-state index in [4.69, 9.17) is 4.74 Å². The van der Waals surface area contributed by atoms with Crippen LogP contribution >= 0.6 is 0 Å². The largest absolute Gasteiger partial charge is 0.493 e. The van der Waals surface area contributed by atoms with Crippen LogP contribution in [0.4, 0.5) is 14.9 Å². The number of carbonyl (C=O) groups is 1. The van der Waals surface area contributed by atoms with Crippen molar-refractivity contribution in [3.05, 3.63) is 59.9 Å². The van der Waals surface area contributed by atoms with Crippen LogP contribution in [0.5, 0.6) is 5.75 Å². The molecule has 0 radical (unpaired) electrons. The molecule has 21 heavy (non-hydrogen) atoms. The van der Waals surface area contributed by atoms with Crippen molar-refractivity contribution in [2.45, 2.75) is 12.5 Å². The maximum atomic E-state index is 13.4. The average Bonchev–Trinajstić information content (AvgIpc) is 2.49. The number of rotatable bonds is 2. The van der Waals surface area contributed by atoms with Crippen LogP contribution in [0.1, 0.15) is 18.0 Å². The lowest BCUT2D eigenvalue weighted by molar-refractivity contribution is 0.232. The number of benzene rings is 2. The molecular weight excluding hydrogens is 271 g/mol. The average molecular weight is 286 g/mol. The van der Waals surface area contributed by atoms with Crippen molar-refractivity contribution in [3.63, 3.8) is 0 Å². The van der Waals surface area contributed by atoms with Gasteiger partial charge in [0.25, 0.3) is 0 Å². The lowest BCUT2D eigenvalue weighted by Gasteiger charge is -2.26. The van der Waals surface area contributed by atoms with Gasteiger partial charge in [0.2, 0.25) is 0 Å². The van der Waals surface area contributed by atoms with Crippen molar-refractivity contribution < 1.29 is 13.9 Å². The summed E-state index contributed by atoms with van der Waals surface area (Å²) < 4.78 is 18.8. The molecule has 5 heteroatoms. The lowest BCUT2D eigenvalue weighted by Crippen LogP contribution is -2.35. The number of nitrogens with one attached hydrogen (secondary N) is 2. The fourth-order valence-corrected chi connectivity index (χ4v) is 2.36. The Morgan fingerprint density at radius 3 is 2.81 bits per heavy atom. The van der Waals surface area contributed by atoms with E-state index in [-0.39, 0.29) is 17.9 Å². The highest BCUT2D eigenvalue weighted by Crippen LogP contribution is 2.32. The van der Waals surface area contributed by atoms with Gasteiger partial charge in [0, 0.05) is 17.7 Å². The van der Waals surface area contributed by atoms with E-state index in [9.17, 15) is 9.18 Å². The number of hydrogen-bond acceptors (Lipinski definition) is 2. The molecule has 2 aromatic carbocycles. The Morgan fingerprint density at radius 1 is 1.19 bits per heavy atom. The smallest absolute Gasteiger partial charge is 0.319 e. The minimum absolute atomic E-state index is 0.256. The van der Waals surface area contributed by atoms with Gasteiger partial charge in [-0.2, -0.15) is 0 Å². The molecule has 2 N–H and O–H groups in total. The summed E-state index contributed by atoms with van der Waals surface area (Å²) >= 11 is 0. The molecule has 1 aliphatic heterocycles. The summed E-state index contributed by atoms with van der Waals surface area (Å²) in [7, 11) is 0. The van der Waals surface area contributed by atoms with Crippen LogP contribution in [0.25, 0.3) is 0 Å². The van der Waals surface area contributed by atoms with Gasteiger partial charge in [-0.25, -0.2) is 9.18 Å². The maximum absolute atomic E-state index is 13.4. The molecule has 1 heterocycles. The highest BCUT2D eigenvalue weighted by Gasteiger charge is 2.23. The zero-order valence-corrected chi connectivity index (χ0v) is 11.3. The summed E-state index contributed by atoms with van der Waals surface area (Å²) in [5.74, 6) is 0.280. The van der Waals surface area contributed by atoms with E-state index in [0.29, 0.717) is 30.0 Å². The Labute approximate surface area is 121 Å². The van der Waals surface area contributed by atoms with Crippen molar-refractivity contribution in [1.82, 2.24) is 5.32 Å². The maximum Gasteiger partial charge on any atom is 0.319 e. The van der Waals surface area contributed by atoms with E-state index < -0.39 is 0 Å². The third-order valence-corrected chi connectivity index (χ3v) is 3.35. The predicted molar refractivity (Wildman–Crippen MR) is 77.8 cm³/mol. The normalized spacial score (nSPS) is 16.5. The Hall–Kier alpha value is -2.56. The van der Waals surface area contributed by atoms with Crippen LogP contribution in [0.2, 0.25) is 0 Å². The SMILES string of the molecule is O=C(Nc1ccccc1)NC1CCOc2ccc(F)cc21. The summed E-state index contributed by atoms with van der Waals surface area (Å²) in [6.45, 7) is 0.495. The first-order chi connectivity index (χ1) is 10.2. The van der Waals surface area contributed by atoms with Crippen LogP contribution < -0.4 is 15.4 Å². The fraction of sp³-hybridized carbons (Fsp3) is 0.188. The van der Waals surface area contributed by atoms with E-state index in [1.54, 1.807) is 18.2 Å². The number of ether oxygens (including phenoxy) is 1. The molecule has 2 amide bonds. The number of amides is 2. The second-order valence-corrected chi connectivity index (χ2v) is 4.84. The molecular formula is C16H15FN2O2. The molecule has 0 spiro atoms. The van der Waals surface area contributed by atoms with Gasteiger partial charge >= 0.3 is 6.03 Å². The highest BCUT2D eigenvalue weighted by molar-refractivity contribution is 5.89. The summed E-state index contributed by atoms with van der Waals surface area (Å²) in [5.41, 5.74) is 1.38. The Morgan fingerprint density at radius 2 is 2.00 bits per heavy atom. The van der Waals surface area contributed by atoms with Crippen LogP contribution in [0.15, 0.2) is 48.5 Å². The van der Waals surface area contributed by atoms with Gasteiger partial charge in [-0.3, -0.25) is 0 Å². The van der Waals surface area contributed by atoms with E-state index >= 15 is 0 Å². The van der Waals surface area contributed by atoms with Crippen LogP contribution in [-0.4, -0.2) is 12.6 Å². The topological polar surface area (TPSA) is 50.4 Å². The number of urea groups is 1. The van der Waals surface area contributed by atoms with Gasteiger partial charge in [-0.05, 0) is 30.3 Å². The second kappa shape index (κ2) is 5.83. The minimum Gasteiger partial charge on any atom is -0.493 e. The van der Waals surface area contributed by atoms with Crippen LogP contribution in [0, 0.1) is 5.82 Å². The zero-order valence-electron chi connectivity index (χ0n) is 11.3. The Bertz CT molecular complexity index is 646. The number of halogens is 1. The molecule has 0 bridgehead atoms. The van der Waals surface area contributed by atoms with E-state index in [1.165, 1.54) is 12.1 Å². The molecule has 0 aliphatic carbocycles. The van der Waals surface area contributed by atoms with Crippen molar-refractivity contribution in [3.8, 4) is 5.75 Å². The van der Waals surface area contributed by atoms with Gasteiger partial charge < -0.3 is 15.4 Å². The number of hydrogen-bond donors (Lipinski definition) is 2. The monoisotopic (exact) mass is 286 g/mol. The molecule has 1 aliphatic rings. The third kappa shape index (κ3) is 3.13. The molecule has 108 valence electrons. The van der Waals surface area contributed by atoms with E-state index in [1.807, 2.05) is 18.2 Å². The highest BCUT2D eigenvalue weighted by atomic mass is 19.1. The summed E-state index contributed by atoms with van der Waals surface area (Å²) in [5, 5.41) is 5.60. The lowest BCUT2D eigenvalue weighted by atomic mass is 10.0. The molecule has 0 saturated carbocycles. The number of anilines is 1. The Kier molecular flexibility index (Phi) is 3.73. The first-order valence-corrected chi connectivity index (χ1v) is 6.77.